The normalized spacial score (nSPS) is 10.7. The van der Waals surface area contributed by atoms with Crippen molar-refractivity contribution >= 4 is 0 Å². The van der Waals surface area contributed by atoms with Crippen LogP contribution in [-0.4, -0.2) is 21.3 Å². The highest BCUT2D eigenvalue weighted by Crippen LogP contribution is 2.15. The fourth-order valence-electron chi connectivity index (χ4n) is 1.70. The zero-order valence-corrected chi connectivity index (χ0v) is 9.51. The van der Waals surface area contributed by atoms with Gasteiger partial charge in [-0.05, 0) is 43.5 Å². The first kappa shape index (κ1) is 11.7. The van der Waals surface area contributed by atoms with Crippen molar-refractivity contribution in [1.29, 1.82) is 0 Å². The predicted octanol–water partition coefficient (Wildman–Crippen LogP) is 1.69. The van der Waals surface area contributed by atoms with Crippen LogP contribution in [0, 0.1) is 5.82 Å². The largest absolute Gasteiger partial charge is 0.330 e. The Kier molecular flexibility index (Phi) is 3.82. The zero-order chi connectivity index (χ0) is 12.1. The van der Waals surface area contributed by atoms with E-state index >= 15 is 0 Å². The van der Waals surface area contributed by atoms with E-state index in [1.807, 2.05) is 6.07 Å². The van der Waals surface area contributed by atoms with Gasteiger partial charge in [0.25, 0.3) is 0 Å². The van der Waals surface area contributed by atoms with Gasteiger partial charge in [-0.3, -0.25) is 0 Å². The third-order valence-corrected chi connectivity index (χ3v) is 2.60. The Hall–Kier alpha value is -1.75. The number of nitrogens with two attached hydrogens (primary N) is 1. The van der Waals surface area contributed by atoms with Crippen molar-refractivity contribution in [1.82, 2.24) is 14.8 Å². The summed E-state index contributed by atoms with van der Waals surface area (Å²) >= 11 is 0. The third kappa shape index (κ3) is 2.88. The molecule has 0 unspecified atom stereocenters. The number of aryl methyl sites for hydroxylation is 1. The zero-order valence-electron chi connectivity index (χ0n) is 9.51. The molecule has 1 aromatic carbocycles. The molecular formula is C12H15FN4. The molecule has 0 aliphatic carbocycles. The molecule has 0 aliphatic rings. The Morgan fingerprint density at radius 3 is 2.82 bits per heavy atom. The Morgan fingerprint density at radius 2 is 2.18 bits per heavy atom. The van der Waals surface area contributed by atoms with Crippen LogP contribution in [0.15, 0.2) is 30.9 Å². The van der Waals surface area contributed by atoms with Crippen LogP contribution in [0.2, 0.25) is 0 Å². The van der Waals surface area contributed by atoms with Crippen molar-refractivity contribution in [2.24, 2.45) is 5.73 Å². The average molecular weight is 234 g/mol. The Bertz CT molecular complexity index is 467. The molecule has 0 saturated heterocycles. The van der Waals surface area contributed by atoms with Crippen molar-refractivity contribution in [3.63, 3.8) is 0 Å². The number of rotatable bonds is 5. The highest BCUT2D eigenvalue weighted by atomic mass is 19.1. The summed E-state index contributed by atoms with van der Waals surface area (Å²) in [5.41, 5.74) is 6.83. The van der Waals surface area contributed by atoms with Crippen molar-refractivity contribution < 1.29 is 4.39 Å². The van der Waals surface area contributed by atoms with Gasteiger partial charge in [0.2, 0.25) is 0 Å². The van der Waals surface area contributed by atoms with E-state index in [9.17, 15) is 4.39 Å². The number of hydrogen-bond donors (Lipinski definition) is 1. The molecule has 1 heterocycles. The van der Waals surface area contributed by atoms with Crippen LogP contribution in [0.1, 0.15) is 18.4 Å². The van der Waals surface area contributed by atoms with Gasteiger partial charge < -0.3 is 5.73 Å². The lowest BCUT2D eigenvalue weighted by atomic mass is 10.1. The van der Waals surface area contributed by atoms with Crippen molar-refractivity contribution in [3.05, 3.63) is 42.2 Å². The Balaban J connectivity index is 2.12. The summed E-state index contributed by atoms with van der Waals surface area (Å²) in [5.74, 6) is -0.277. The highest BCUT2D eigenvalue weighted by molar-refractivity contribution is 5.35. The molecule has 0 saturated carbocycles. The van der Waals surface area contributed by atoms with E-state index in [-0.39, 0.29) is 5.82 Å². The summed E-state index contributed by atoms with van der Waals surface area (Å²) in [6.45, 7) is 0.680. The van der Waals surface area contributed by atoms with E-state index in [0.717, 1.165) is 24.8 Å². The molecule has 2 rings (SSSR count). The van der Waals surface area contributed by atoms with E-state index in [0.29, 0.717) is 12.2 Å². The van der Waals surface area contributed by atoms with Gasteiger partial charge in [0.05, 0.1) is 0 Å². The minimum absolute atomic E-state index is 0.277. The SMILES string of the molecule is NCCCCc1ccc(-n2cncn2)c(F)c1. The van der Waals surface area contributed by atoms with Gasteiger partial charge in [-0.1, -0.05) is 6.07 Å². The maximum atomic E-state index is 13.8. The summed E-state index contributed by atoms with van der Waals surface area (Å²) in [4.78, 5) is 3.79. The topological polar surface area (TPSA) is 56.7 Å². The van der Waals surface area contributed by atoms with Crippen LogP contribution < -0.4 is 5.73 Å². The maximum Gasteiger partial charge on any atom is 0.149 e. The van der Waals surface area contributed by atoms with Crippen LogP contribution in [0.5, 0.6) is 0 Å². The smallest absolute Gasteiger partial charge is 0.149 e. The molecule has 2 aromatic rings. The quantitative estimate of drug-likeness (QED) is 0.801. The Labute approximate surface area is 99.3 Å². The lowest BCUT2D eigenvalue weighted by Gasteiger charge is -2.05. The molecule has 5 heteroatoms. The molecule has 0 atom stereocenters. The van der Waals surface area contributed by atoms with Crippen LogP contribution in [0.4, 0.5) is 4.39 Å². The van der Waals surface area contributed by atoms with E-state index in [2.05, 4.69) is 10.1 Å². The summed E-state index contributed by atoms with van der Waals surface area (Å²) in [7, 11) is 0. The van der Waals surface area contributed by atoms with Gasteiger partial charge in [0, 0.05) is 0 Å². The molecule has 0 amide bonds. The second kappa shape index (κ2) is 5.54. The summed E-state index contributed by atoms with van der Waals surface area (Å²) in [6, 6.07) is 5.19. The van der Waals surface area contributed by atoms with Crippen LogP contribution in [-0.2, 0) is 6.42 Å². The average Bonchev–Trinajstić information content (AvgIpc) is 2.83. The first-order valence-electron chi connectivity index (χ1n) is 5.65. The molecule has 0 bridgehead atoms. The second-order valence-electron chi connectivity index (χ2n) is 3.87. The molecule has 4 nitrogen and oxygen atoms in total. The van der Waals surface area contributed by atoms with Crippen LogP contribution in [0.3, 0.4) is 0 Å². The predicted molar refractivity (Wildman–Crippen MR) is 63.3 cm³/mol. The molecular weight excluding hydrogens is 219 g/mol. The molecule has 2 N–H and O–H groups in total. The third-order valence-electron chi connectivity index (χ3n) is 2.60. The molecule has 0 spiro atoms. The van der Waals surface area contributed by atoms with Gasteiger partial charge in [0.15, 0.2) is 0 Å². The van der Waals surface area contributed by atoms with E-state index in [1.54, 1.807) is 12.1 Å². The number of benzene rings is 1. The van der Waals surface area contributed by atoms with Crippen LogP contribution in [0.25, 0.3) is 5.69 Å². The molecule has 0 aliphatic heterocycles. The lowest BCUT2D eigenvalue weighted by molar-refractivity contribution is 0.607. The highest BCUT2D eigenvalue weighted by Gasteiger charge is 2.05. The van der Waals surface area contributed by atoms with E-state index < -0.39 is 0 Å². The number of halogens is 1. The monoisotopic (exact) mass is 234 g/mol. The number of hydrogen-bond acceptors (Lipinski definition) is 3. The minimum Gasteiger partial charge on any atom is -0.330 e. The van der Waals surface area contributed by atoms with Gasteiger partial charge in [-0.25, -0.2) is 14.1 Å². The fraction of sp³-hybridized carbons (Fsp3) is 0.333. The van der Waals surface area contributed by atoms with Crippen LogP contribution >= 0.6 is 0 Å². The second-order valence-corrected chi connectivity index (χ2v) is 3.87. The van der Waals surface area contributed by atoms with Gasteiger partial charge >= 0.3 is 0 Å². The summed E-state index contributed by atoms with van der Waals surface area (Å²) in [5, 5.41) is 3.90. The lowest BCUT2D eigenvalue weighted by Crippen LogP contribution is -2.01. The first-order chi connectivity index (χ1) is 8.31. The first-order valence-corrected chi connectivity index (χ1v) is 5.65. The van der Waals surface area contributed by atoms with Gasteiger partial charge in [-0.2, -0.15) is 5.10 Å². The molecule has 1 aromatic heterocycles. The fourth-order valence-corrected chi connectivity index (χ4v) is 1.70. The van der Waals surface area contributed by atoms with E-state index in [4.69, 9.17) is 5.73 Å². The standard InChI is InChI=1S/C12H15FN4/c13-11-7-10(3-1-2-6-14)4-5-12(11)17-9-15-8-16-17/h4-5,7-9H,1-3,6,14H2. The van der Waals surface area contributed by atoms with E-state index in [1.165, 1.54) is 17.3 Å². The Morgan fingerprint density at radius 1 is 1.29 bits per heavy atom. The molecule has 90 valence electrons. The van der Waals surface area contributed by atoms with Gasteiger partial charge in [-0.15, -0.1) is 0 Å². The van der Waals surface area contributed by atoms with Crippen molar-refractivity contribution in [3.8, 4) is 5.69 Å². The number of aromatic nitrogens is 3. The molecule has 17 heavy (non-hydrogen) atoms. The number of unbranched alkanes of at least 4 members (excludes halogenated alkanes) is 1. The molecule has 0 radical (unpaired) electrons. The van der Waals surface area contributed by atoms with Crippen molar-refractivity contribution in [2.75, 3.05) is 6.54 Å². The molecule has 0 fully saturated rings. The maximum absolute atomic E-state index is 13.8. The number of nitrogens with zero attached hydrogens (tertiary/aromatic N) is 3. The minimum atomic E-state index is -0.277. The van der Waals surface area contributed by atoms with Gasteiger partial charge in [0.1, 0.15) is 24.2 Å². The van der Waals surface area contributed by atoms with Crippen molar-refractivity contribution in [2.45, 2.75) is 19.3 Å². The summed E-state index contributed by atoms with van der Waals surface area (Å²) < 4.78 is 15.2. The summed E-state index contributed by atoms with van der Waals surface area (Å²) in [6.07, 6.45) is 5.66.